The van der Waals surface area contributed by atoms with E-state index in [0.717, 1.165) is 5.56 Å². The van der Waals surface area contributed by atoms with Gasteiger partial charge in [0, 0.05) is 10.3 Å². The number of carboxylic acids is 1. The van der Waals surface area contributed by atoms with Crippen molar-refractivity contribution in [3.05, 3.63) is 35.4 Å². The van der Waals surface area contributed by atoms with E-state index in [1.54, 1.807) is 12.1 Å². The first kappa shape index (κ1) is 18.2. The van der Waals surface area contributed by atoms with Crippen LogP contribution in [0.25, 0.3) is 0 Å². The number of primary amides is 1. The van der Waals surface area contributed by atoms with E-state index in [1.165, 1.54) is 16.7 Å². The second-order valence-corrected chi connectivity index (χ2v) is 8.56. The van der Waals surface area contributed by atoms with Crippen LogP contribution in [0.3, 0.4) is 0 Å². The summed E-state index contributed by atoms with van der Waals surface area (Å²) in [5.41, 5.74) is 6.40. The first-order chi connectivity index (χ1) is 12.1. The first-order valence-corrected chi connectivity index (χ1v) is 8.90. The highest BCUT2D eigenvalue weighted by atomic mass is 32.2. The second kappa shape index (κ2) is 6.31. The predicted molar refractivity (Wildman–Crippen MR) is 91.6 cm³/mol. The van der Waals surface area contributed by atoms with Crippen LogP contribution in [0.4, 0.5) is 0 Å². The Morgan fingerprint density at radius 1 is 1.35 bits per heavy atom. The Morgan fingerprint density at radius 3 is 2.62 bits per heavy atom. The Hall–Kier alpha value is -2.55. The summed E-state index contributed by atoms with van der Waals surface area (Å²) in [5.74, 6) is -3.40. The number of rotatable bonds is 5. The lowest BCUT2D eigenvalue weighted by atomic mass is 10.00. The Bertz CT molecular complexity index is 809. The zero-order chi connectivity index (χ0) is 19.2. The van der Waals surface area contributed by atoms with Crippen molar-refractivity contribution in [3.8, 4) is 0 Å². The molecular weight excluding hydrogens is 358 g/mol. The van der Waals surface area contributed by atoms with Gasteiger partial charge in [-0.1, -0.05) is 18.2 Å². The van der Waals surface area contributed by atoms with Gasteiger partial charge >= 0.3 is 0 Å². The van der Waals surface area contributed by atoms with E-state index in [-0.39, 0.29) is 11.3 Å². The van der Waals surface area contributed by atoms with Crippen LogP contribution in [0.15, 0.2) is 24.3 Å². The zero-order valence-corrected chi connectivity index (χ0v) is 15.0. The van der Waals surface area contributed by atoms with Gasteiger partial charge in [-0.2, -0.15) is 0 Å². The monoisotopic (exact) mass is 376 g/mol. The van der Waals surface area contributed by atoms with Crippen LogP contribution >= 0.6 is 11.8 Å². The minimum atomic E-state index is -1.60. The minimum absolute atomic E-state index is 0.274. The number of hydrogen-bond donors (Lipinski definition) is 2. The first-order valence-electron chi connectivity index (χ1n) is 8.02. The van der Waals surface area contributed by atoms with Crippen LogP contribution in [0.2, 0.25) is 0 Å². The Balaban J connectivity index is 1.89. The second-order valence-electron chi connectivity index (χ2n) is 6.83. The molecule has 8 nitrogen and oxygen atoms in total. The van der Waals surface area contributed by atoms with Crippen LogP contribution in [0.5, 0.6) is 0 Å². The predicted octanol–water partition coefficient (Wildman–Crippen LogP) is -0.855. The van der Waals surface area contributed by atoms with Crippen molar-refractivity contribution >= 4 is 35.5 Å². The maximum Gasteiger partial charge on any atom is 0.256 e. The SMILES string of the molecule is CC1(C)S[C@@H]2c3ccccc3C(=O)N2[C@@H]1C(=O)N[C@@H](CC(N)=O)C(=O)[O-]. The quantitative estimate of drug-likeness (QED) is 0.687. The molecule has 2 aliphatic heterocycles. The summed E-state index contributed by atoms with van der Waals surface area (Å²) in [5, 5.41) is 13.2. The van der Waals surface area contributed by atoms with Gasteiger partial charge in [-0.15, -0.1) is 11.8 Å². The Labute approximate surface area is 154 Å². The molecule has 0 radical (unpaired) electrons. The third kappa shape index (κ3) is 2.92. The highest BCUT2D eigenvalue weighted by Gasteiger charge is 2.57. The van der Waals surface area contributed by atoms with E-state index in [4.69, 9.17) is 5.73 Å². The molecule has 0 aromatic heterocycles. The molecule has 3 atom stereocenters. The highest BCUT2D eigenvalue weighted by molar-refractivity contribution is 8.01. The standard InChI is InChI=1S/C17H19N3O5S/c1-17(2)12(13(22)19-10(16(24)25)7-11(18)21)20-14(23)8-5-3-4-6-9(8)15(20)26-17/h3-6,10,12,15H,7H2,1-2H3,(H2,18,21)(H,19,22)(H,24,25)/p-1/t10-,12+,15+/m0/s1. The molecule has 1 fully saturated rings. The van der Waals surface area contributed by atoms with Crippen molar-refractivity contribution in [2.45, 2.75) is 42.5 Å². The fraction of sp³-hybridized carbons (Fsp3) is 0.412. The molecule has 0 unspecified atom stereocenters. The number of carbonyl (C=O) groups excluding carboxylic acids is 4. The summed E-state index contributed by atoms with van der Waals surface area (Å²) >= 11 is 1.46. The summed E-state index contributed by atoms with van der Waals surface area (Å²) in [4.78, 5) is 49.4. The number of nitrogens with zero attached hydrogens (tertiary/aromatic N) is 1. The van der Waals surface area contributed by atoms with Crippen molar-refractivity contribution < 1.29 is 24.3 Å². The molecule has 1 aromatic rings. The van der Waals surface area contributed by atoms with Gasteiger partial charge in [0.2, 0.25) is 11.8 Å². The zero-order valence-electron chi connectivity index (χ0n) is 14.2. The molecule has 138 valence electrons. The Kier molecular flexibility index (Phi) is 4.43. The van der Waals surface area contributed by atoms with E-state index < -0.39 is 41.0 Å². The van der Waals surface area contributed by atoms with Gasteiger partial charge < -0.3 is 25.9 Å². The third-order valence-corrected chi connectivity index (χ3v) is 6.09. The average Bonchev–Trinajstić information content (AvgIpc) is 2.97. The van der Waals surface area contributed by atoms with Crippen molar-refractivity contribution in [1.82, 2.24) is 10.2 Å². The third-order valence-electron chi connectivity index (χ3n) is 4.55. The molecule has 2 heterocycles. The van der Waals surface area contributed by atoms with Gasteiger partial charge in [0.25, 0.3) is 5.91 Å². The van der Waals surface area contributed by atoms with Crippen molar-refractivity contribution in [3.63, 3.8) is 0 Å². The van der Waals surface area contributed by atoms with Gasteiger partial charge in [-0.05, 0) is 25.5 Å². The van der Waals surface area contributed by atoms with Crippen molar-refractivity contribution in [1.29, 1.82) is 0 Å². The highest BCUT2D eigenvalue weighted by Crippen LogP contribution is 2.56. The number of nitrogens with two attached hydrogens (primary N) is 1. The summed E-state index contributed by atoms with van der Waals surface area (Å²) in [6.07, 6.45) is -0.577. The van der Waals surface area contributed by atoms with E-state index in [9.17, 15) is 24.3 Å². The average molecular weight is 376 g/mol. The smallest absolute Gasteiger partial charge is 0.256 e. The fourth-order valence-electron chi connectivity index (χ4n) is 3.45. The number of nitrogens with one attached hydrogen (secondary N) is 1. The normalized spacial score (nSPS) is 23.9. The van der Waals surface area contributed by atoms with E-state index >= 15 is 0 Å². The van der Waals surface area contributed by atoms with Crippen LogP contribution in [0.1, 0.15) is 41.6 Å². The number of thioether (sulfide) groups is 1. The molecule has 0 bridgehead atoms. The minimum Gasteiger partial charge on any atom is -0.548 e. The van der Waals surface area contributed by atoms with Gasteiger partial charge in [-0.25, -0.2) is 0 Å². The topological polar surface area (TPSA) is 133 Å². The number of hydrogen-bond acceptors (Lipinski definition) is 6. The molecule has 2 aliphatic rings. The summed E-state index contributed by atoms with van der Waals surface area (Å²) < 4.78 is -0.652. The molecule has 3 amide bonds. The number of carboxylic acid groups (broad SMARTS) is 1. The van der Waals surface area contributed by atoms with Crippen molar-refractivity contribution in [2.75, 3.05) is 0 Å². The summed E-state index contributed by atoms with van der Waals surface area (Å²) in [6, 6.07) is 4.69. The van der Waals surface area contributed by atoms with Crippen molar-refractivity contribution in [2.24, 2.45) is 5.73 Å². The van der Waals surface area contributed by atoms with E-state index in [0.29, 0.717) is 5.56 Å². The van der Waals surface area contributed by atoms with Crippen LogP contribution in [-0.4, -0.2) is 45.4 Å². The lowest BCUT2D eigenvalue weighted by Crippen LogP contribution is -2.58. The Morgan fingerprint density at radius 2 is 2.00 bits per heavy atom. The molecular formula is C17H18N3O5S-. The molecule has 3 N–H and O–H groups in total. The van der Waals surface area contributed by atoms with Gasteiger partial charge in [0.15, 0.2) is 0 Å². The molecule has 1 aromatic carbocycles. The number of benzene rings is 1. The van der Waals surface area contributed by atoms with Crippen LogP contribution < -0.4 is 16.2 Å². The number of aliphatic carboxylic acids is 1. The number of fused-ring (bicyclic) bond motifs is 3. The molecule has 26 heavy (non-hydrogen) atoms. The molecule has 0 spiro atoms. The summed E-state index contributed by atoms with van der Waals surface area (Å²) in [6.45, 7) is 3.64. The fourth-order valence-corrected chi connectivity index (χ4v) is 5.04. The maximum atomic E-state index is 12.8. The van der Waals surface area contributed by atoms with Crippen LogP contribution in [-0.2, 0) is 14.4 Å². The molecule has 1 saturated heterocycles. The van der Waals surface area contributed by atoms with Gasteiger partial charge in [0.05, 0.1) is 18.4 Å². The molecule has 3 rings (SSSR count). The maximum absolute atomic E-state index is 12.8. The molecule has 9 heteroatoms. The van der Waals surface area contributed by atoms with E-state index in [1.807, 2.05) is 26.0 Å². The van der Waals surface area contributed by atoms with E-state index in [2.05, 4.69) is 5.32 Å². The lowest BCUT2D eigenvalue weighted by molar-refractivity contribution is -0.308. The van der Waals surface area contributed by atoms with Gasteiger partial charge in [0.1, 0.15) is 11.4 Å². The molecule has 0 saturated carbocycles. The molecule has 0 aliphatic carbocycles. The number of amides is 3. The van der Waals surface area contributed by atoms with Crippen LogP contribution in [0, 0.1) is 0 Å². The van der Waals surface area contributed by atoms with Gasteiger partial charge in [-0.3, -0.25) is 14.4 Å². The number of carbonyl (C=O) groups is 4. The summed E-state index contributed by atoms with van der Waals surface area (Å²) in [7, 11) is 0. The lowest BCUT2D eigenvalue weighted by Gasteiger charge is -2.31. The largest absolute Gasteiger partial charge is 0.548 e.